The van der Waals surface area contributed by atoms with Gasteiger partial charge in [0.2, 0.25) is 0 Å². The molecular weight excluding hydrogens is 224 g/mol. The number of ether oxygens (including phenoxy) is 3. The van der Waals surface area contributed by atoms with E-state index in [1.165, 1.54) is 0 Å². The van der Waals surface area contributed by atoms with Gasteiger partial charge in [-0.3, -0.25) is 0 Å². The molecule has 0 spiro atoms. The van der Waals surface area contributed by atoms with E-state index >= 15 is 0 Å². The van der Waals surface area contributed by atoms with E-state index in [0.717, 1.165) is 0 Å². The molecule has 0 radical (unpaired) electrons. The Bertz CT molecular complexity index is 242. The summed E-state index contributed by atoms with van der Waals surface area (Å²) in [6.45, 7) is 0.382. The van der Waals surface area contributed by atoms with Crippen LogP contribution in [0.2, 0.25) is 0 Å². The summed E-state index contributed by atoms with van der Waals surface area (Å²) in [5.74, 6) is 0. The van der Waals surface area contributed by atoms with Crippen LogP contribution < -0.4 is 0 Å². The quantitative estimate of drug-likeness (QED) is 0.506. The van der Waals surface area contributed by atoms with Gasteiger partial charge in [-0.1, -0.05) is 0 Å². The van der Waals surface area contributed by atoms with Crippen molar-refractivity contribution in [3.63, 3.8) is 0 Å². The molecule has 1 aliphatic rings. The molecule has 0 aromatic carbocycles. The van der Waals surface area contributed by atoms with E-state index in [1.54, 1.807) is 22.4 Å². The van der Waals surface area contributed by atoms with Gasteiger partial charge in [-0.25, -0.2) is 0 Å². The molecule has 0 aromatic heterocycles. The molecule has 0 amide bonds. The van der Waals surface area contributed by atoms with E-state index in [2.05, 4.69) is 10.2 Å². The SMILES string of the molecule is CN(C)/N=C/[C@H]1OCOCO[C@@H]1/C=N/N(C)C. The lowest BCUT2D eigenvalue weighted by Gasteiger charge is -2.17. The fourth-order valence-electron chi connectivity index (χ4n) is 1.13. The summed E-state index contributed by atoms with van der Waals surface area (Å²) >= 11 is 0. The first-order valence-corrected chi connectivity index (χ1v) is 5.33. The zero-order valence-corrected chi connectivity index (χ0v) is 10.7. The minimum absolute atomic E-state index is 0.191. The largest absolute Gasteiger partial charge is 0.343 e. The summed E-state index contributed by atoms with van der Waals surface area (Å²) in [6.07, 6.45) is 2.76. The van der Waals surface area contributed by atoms with Gasteiger partial charge in [0.25, 0.3) is 0 Å². The molecule has 0 aromatic rings. The molecule has 1 heterocycles. The smallest absolute Gasteiger partial charge is 0.150 e. The Morgan fingerprint density at radius 3 is 1.65 bits per heavy atom. The molecule has 1 fully saturated rings. The number of hydrogen-bond acceptors (Lipinski definition) is 7. The third kappa shape index (κ3) is 5.62. The van der Waals surface area contributed by atoms with Gasteiger partial charge < -0.3 is 24.2 Å². The normalized spacial score (nSPS) is 26.4. The van der Waals surface area contributed by atoms with Gasteiger partial charge in [0.05, 0.1) is 12.4 Å². The molecule has 1 saturated heterocycles. The summed E-state index contributed by atoms with van der Waals surface area (Å²) in [5, 5.41) is 11.7. The Balaban J connectivity index is 2.65. The van der Waals surface area contributed by atoms with Crippen LogP contribution in [0.15, 0.2) is 10.2 Å². The minimum Gasteiger partial charge on any atom is -0.343 e. The Morgan fingerprint density at radius 2 is 1.29 bits per heavy atom. The van der Waals surface area contributed by atoms with Gasteiger partial charge in [0, 0.05) is 28.2 Å². The van der Waals surface area contributed by atoms with Crippen LogP contribution in [0.5, 0.6) is 0 Å². The maximum atomic E-state index is 5.47. The van der Waals surface area contributed by atoms with Crippen LogP contribution in [0.4, 0.5) is 0 Å². The molecule has 0 unspecified atom stereocenters. The van der Waals surface area contributed by atoms with E-state index in [-0.39, 0.29) is 25.8 Å². The second kappa shape index (κ2) is 7.21. The third-order valence-corrected chi connectivity index (χ3v) is 1.90. The maximum Gasteiger partial charge on any atom is 0.150 e. The minimum atomic E-state index is -0.302. The van der Waals surface area contributed by atoms with Crippen molar-refractivity contribution in [3.05, 3.63) is 0 Å². The van der Waals surface area contributed by atoms with Crippen molar-refractivity contribution in [2.24, 2.45) is 10.2 Å². The molecule has 2 atom stereocenters. The lowest BCUT2D eigenvalue weighted by Crippen LogP contribution is -2.33. The molecule has 0 aliphatic carbocycles. The standard InChI is InChI=1S/C10H20N4O3/c1-13(2)11-5-9-10(6-12-14(3)4)17-8-15-7-16-9/h5-6,9-10H,7-8H2,1-4H3/b11-5+,12-6+/t9-,10-/m1/s1. The molecule has 0 bridgehead atoms. The summed E-state index contributed by atoms with van der Waals surface area (Å²) in [7, 11) is 7.36. The molecule has 1 aliphatic heterocycles. The highest BCUT2D eigenvalue weighted by atomic mass is 16.8. The number of rotatable bonds is 4. The number of hydrazone groups is 2. The Morgan fingerprint density at radius 1 is 0.882 bits per heavy atom. The monoisotopic (exact) mass is 244 g/mol. The average molecular weight is 244 g/mol. The second-order valence-corrected chi connectivity index (χ2v) is 3.93. The number of hydrogen-bond donors (Lipinski definition) is 0. The van der Waals surface area contributed by atoms with Gasteiger partial charge in [-0.05, 0) is 0 Å². The fraction of sp³-hybridized carbons (Fsp3) is 0.800. The Labute approximate surface area is 102 Å². The van der Waals surface area contributed by atoms with E-state index in [1.807, 2.05) is 28.2 Å². The van der Waals surface area contributed by atoms with Gasteiger partial charge in [0.15, 0.2) is 13.6 Å². The maximum absolute atomic E-state index is 5.47. The molecule has 0 saturated carbocycles. The lowest BCUT2D eigenvalue weighted by molar-refractivity contribution is -0.0819. The summed E-state index contributed by atoms with van der Waals surface area (Å²) < 4.78 is 16.0. The van der Waals surface area contributed by atoms with Crippen molar-refractivity contribution < 1.29 is 14.2 Å². The topological polar surface area (TPSA) is 58.9 Å². The van der Waals surface area contributed by atoms with Gasteiger partial charge in [-0.2, -0.15) is 10.2 Å². The van der Waals surface area contributed by atoms with Crippen LogP contribution in [0, 0.1) is 0 Å². The van der Waals surface area contributed by atoms with Gasteiger partial charge >= 0.3 is 0 Å². The van der Waals surface area contributed by atoms with Crippen molar-refractivity contribution in [2.75, 3.05) is 41.8 Å². The summed E-state index contributed by atoms with van der Waals surface area (Å²) in [6, 6.07) is 0. The third-order valence-electron chi connectivity index (χ3n) is 1.90. The van der Waals surface area contributed by atoms with E-state index < -0.39 is 0 Å². The zero-order chi connectivity index (χ0) is 12.7. The first-order valence-electron chi connectivity index (χ1n) is 5.33. The van der Waals surface area contributed by atoms with Crippen molar-refractivity contribution in [1.82, 2.24) is 10.0 Å². The second-order valence-electron chi connectivity index (χ2n) is 3.93. The lowest BCUT2D eigenvalue weighted by atomic mass is 10.2. The van der Waals surface area contributed by atoms with E-state index in [4.69, 9.17) is 14.2 Å². The molecule has 17 heavy (non-hydrogen) atoms. The van der Waals surface area contributed by atoms with E-state index in [9.17, 15) is 0 Å². The first kappa shape index (κ1) is 13.9. The highest BCUT2D eigenvalue weighted by molar-refractivity contribution is 5.74. The molecule has 1 rings (SSSR count). The van der Waals surface area contributed by atoms with E-state index in [0.29, 0.717) is 0 Å². The van der Waals surface area contributed by atoms with Crippen molar-refractivity contribution in [3.8, 4) is 0 Å². The van der Waals surface area contributed by atoms with Crippen molar-refractivity contribution >= 4 is 12.4 Å². The van der Waals surface area contributed by atoms with Crippen LogP contribution in [-0.4, -0.2) is 76.4 Å². The van der Waals surface area contributed by atoms with Gasteiger partial charge in [-0.15, -0.1) is 0 Å². The fourth-order valence-corrected chi connectivity index (χ4v) is 1.13. The van der Waals surface area contributed by atoms with Crippen LogP contribution in [-0.2, 0) is 14.2 Å². The van der Waals surface area contributed by atoms with Gasteiger partial charge in [0.1, 0.15) is 12.2 Å². The summed E-state index contributed by atoms with van der Waals surface area (Å²) in [4.78, 5) is 0. The summed E-state index contributed by atoms with van der Waals surface area (Å²) in [5.41, 5.74) is 0. The van der Waals surface area contributed by atoms with Crippen LogP contribution >= 0.6 is 0 Å². The van der Waals surface area contributed by atoms with Crippen LogP contribution in [0.25, 0.3) is 0 Å². The number of nitrogens with zero attached hydrogens (tertiary/aromatic N) is 4. The highest BCUT2D eigenvalue weighted by Gasteiger charge is 2.23. The molecular formula is C10H20N4O3. The molecule has 7 heteroatoms. The van der Waals surface area contributed by atoms with Crippen LogP contribution in [0.3, 0.4) is 0 Å². The first-order chi connectivity index (χ1) is 8.09. The van der Waals surface area contributed by atoms with Crippen molar-refractivity contribution in [2.45, 2.75) is 12.2 Å². The predicted octanol–water partition coefficient (Wildman–Crippen LogP) is -0.203. The highest BCUT2D eigenvalue weighted by Crippen LogP contribution is 2.06. The van der Waals surface area contributed by atoms with Crippen LogP contribution in [0.1, 0.15) is 0 Å². The zero-order valence-electron chi connectivity index (χ0n) is 10.7. The predicted molar refractivity (Wildman–Crippen MR) is 64.9 cm³/mol. The molecule has 98 valence electrons. The van der Waals surface area contributed by atoms with Crippen molar-refractivity contribution in [1.29, 1.82) is 0 Å². The molecule has 0 N–H and O–H groups in total. The Hall–Kier alpha value is -1.18. The Kier molecular flexibility index (Phi) is 5.88. The average Bonchev–Trinajstić information content (AvgIpc) is 2.48. The molecule has 7 nitrogen and oxygen atoms in total.